The van der Waals surface area contributed by atoms with Crippen LogP contribution in [0.1, 0.15) is 28.9 Å². The van der Waals surface area contributed by atoms with E-state index >= 15 is 0 Å². The van der Waals surface area contributed by atoms with Gasteiger partial charge in [0.1, 0.15) is 5.56 Å². The third-order valence-corrected chi connectivity index (χ3v) is 3.28. The second kappa shape index (κ2) is 7.36. The van der Waals surface area contributed by atoms with Crippen molar-refractivity contribution < 1.29 is 18.9 Å². The van der Waals surface area contributed by atoms with Crippen molar-refractivity contribution in [2.45, 2.75) is 19.5 Å². The number of nitrogens with one attached hydrogen (secondary N) is 1. The van der Waals surface area contributed by atoms with Crippen LogP contribution in [0, 0.1) is 0 Å². The number of hydrogen-bond donors (Lipinski definition) is 1. The summed E-state index contributed by atoms with van der Waals surface area (Å²) in [5.74, 6) is -0.546. The molecule has 5 nitrogen and oxygen atoms in total. The molecule has 0 aliphatic heterocycles. The fraction of sp³-hybridized carbons (Fsp3) is 0.235. The van der Waals surface area contributed by atoms with Gasteiger partial charge in [-0.1, -0.05) is 30.3 Å². The van der Waals surface area contributed by atoms with Crippen molar-refractivity contribution in [2.75, 3.05) is 7.11 Å². The van der Waals surface area contributed by atoms with Gasteiger partial charge >= 0.3 is 5.97 Å². The molecule has 0 aliphatic rings. The van der Waals surface area contributed by atoms with Crippen molar-refractivity contribution in [2.24, 2.45) is 0 Å². The van der Waals surface area contributed by atoms with Crippen LogP contribution in [-0.4, -0.2) is 19.0 Å². The fourth-order valence-corrected chi connectivity index (χ4v) is 2.14. The van der Waals surface area contributed by atoms with Crippen LogP contribution < -0.4 is 9.88 Å². The Morgan fingerprint density at radius 3 is 2.59 bits per heavy atom. The predicted molar refractivity (Wildman–Crippen MR) is 81.0 cm³/mol. The van der Waals surface area contributed by atoms with Crippen LogP contribution in [0.15, 0.2) is 54.9 Å². The number of carbonyl (C=O) groups is 2. The first-order valence-corrected chi connectivity index (χ1v) is 7.02. The van der Waals surface area contributed by atoms with Crippen molar-refractivity contribution >= 4 is 11.9 Å². The third kappa shape index (κ3) is 4.15. The highest BCUT2D eigenvalue weighted by atomic mass is 16.5. The predicted octanol–water partition coefficient (Wildman–Crippen LogP) is 1.64. The van der Waals surface area contributed by atoms with Crippen molar-refractivity contribution in [1.82, 2.24) is 5.32 Å². The Morgan fingerprint density at radius 1 is 1.18 bits per heavy atom. The molecule has 1 atom stereocenters. The Bertz CT molecular complexity index is 656. The Balaban J connectivity index is 1.99. The number of esters is 1. The summed E-state index contributed by atoms with van der Waals surface area (Å²) in [7, 11) is 1.33. The lowest BCUT2D eigenvalue weighted by molar-refractivity contribution is -0.684. The molecule has 114 valence electrons. The van der Waals surface area contributed by atoms with Crippen molar-refractivity contribution in [3.8, 4) is 0 Å². The molecule has 2 aromatic rings. The molecular weight excluding hydrogens is 280 g/mol. The highest BCUT2D eigenvalue weighted by molar-refractivity contribution is 5.88. The minimum absolute atomic E-state index is 0.0712. The van der Waals surface area contributed by atoms with E-state index in [-0.39, 0.29) is 18.5 Å². The summed E-state index contributed by atoms with van der Waals surface area (Å²) in [6, 6.07) is 13.0. The molecule has 0 unspecified atom stereocenters. The summed E-state index contributed by atoms with van der Waals surface area (Å²) in [4.78, 5) is 23.6. The van der Waals surface area contributed by atoms with E-state index in [1.807, 2.05) is 37.3 Å². The summed E-state index contributed by atoms with van der Waals surface area (Å²) in [5.41, 5.74) is 1.46. The van der Waals surface area contributed by atoms with Gasteiger partial charge in [0.05, 0.1) is 13.2 Å². The molecule has 0 saturated heterocycles. The number of aromatic nitrogens is 1. The quantitative estimate of drug-likeness (QED) is 0.674. The normalized spacial score (nSPS) is 11.5. The van der Waals surface area contributed by atoms with Crippen molar-refractivity contribution in [3.05, 3.63) is 66.0 Å². The molecular formula is C17H19N2O3+. The van der Waals surface area contributed by atoms with Gasteiger partial charge in [0.15, 0.2) is 12.4 Å². The first-order chi connectivity index (χ1) is 10.6. The number of pyridine rings is 1. The average Bonchev–Trinajstić information content (AvgIpc) is 2.55. The Labute approximate surface area is 129 Å². The lowest BCUT2D eigenvalue weighted by Gasteiger charge is -2.12. The maximum atomic E-state index is 12.1. The molecule has 5 heteroatoms. The molecule has 1 heterocycles. The summed E-state index contributed by atoms with van der Waals surface area (Å²) < 4.78 is 6.32. The number of rotatable bonds is 5. The van der Waals surface area contributed by atoms with Gasteiger partial charge in [-0.15, -0.1) is 0 Å². The summed E-state index contributed by atoms with van der Waals surface area (Å²) in [6.45, 7) is 2.07. The maximum absolute atomic E-state index is 12.1. The van der Waals surface area contributed by atoms with E-state index < -0.39 is 5.97 Å². The topological polar surface area (TPSA) is 59.3 Å². The summed E-state index contributed by atoms with van der Waals surface area (Å²) >= 11 is 0. The number of amides is 1. The molecule has 1 aromatic heterocycles. The number of nitrogens with zero attached hydrogens (tertiary/aromatic N) is 1. The van der Waals surface area contributed by atoms with Crippen LogP contribution in [0.3, 0.4) is 0 Å². The molecule has 2 rings (SSSR count). The second-order valence-electron chi connectivity index (χ2n) is 4.96. The highest BCUT2D eigenvalue weighted by Gasteiger charge is 2.15. The number of methoxy groups -OCH3 is 1. The zero-order valence-electron chi connectivity index (χ0n) is 12.7. The van der Waals surface area contributed by atoms with E-state index in [1.165, 1.54) is 7.11 Å². The van der Waals surface area contributed by atoms with E-state index in [0.717, 1.165) is 5.56 Å². The van der Waals surface area contributed by atoms with Gasteiger partial charge in [-0.2, -0.15) is 4.57 Å². The lowest BCUT2D eigenvalue weighted by Crippen LogP contribution is -2.43. The van der Waals surface area contributed by atoms with Gasteiger partial charge in [0.25, 0.3) is 5.91 Å². The largest absolute Gasteiger partial charge is 0.465 e. The van der Waals surface area contributed by atoms with Crippen LogP contribution in [-0.2, 0) is 16.1 Å². The Morgan fingerprint density at radius 2 is 1.91 bits per heavy atom. The Kier molecular flexibility index (Phi) is 5.25. The second-order valence-corrected chi connectivity index (χ2v) is 4.96. The molecule has 22 heavy (non-hydrogen) atoms. The molecule has 0 spiro atoms. The molecule has 0 radical (unpaired) electrons. The van der Waals surface area contributed by atoms with Crippen molar-refractivity contribution in [1.29, 1.82) is 0 Å². The van der Waals surface area contributed by atoms with E-state index in [1.54, 1.807) is 29.1 Å². The SMILES string of the molecule is COC(=O)c1ccc[n+](CC(=O)N[C@@H](C)c2ccccc2)c1. The van der Waals surface area contributed by atoms with Gasteiger partial charge in [0, 0.05) is 6.07 Å². The molecule has 0 fully saturated rings. The maximum Gasteiger partial charge on any atom is 0.343 e. The van der Waals surface area contributed by atoms with Crippen LogP contribution in [0.25, 0.3) is 0 Å². The lowest BCUT2D eigenvalue weighted by atomic mass is 10.1. The standard InChI is InChI=1S/C17H18N2O3/c1-13(14-7-4-3-5-8-14)18-16(20)12-19-10-6-9-15(11-19)17(21)22-2/h3-11,13H,12H2,1-2H3/p+1/t13-/m0/s1. The smallest absolute Gasteiger partial charge is 0.343 e. The zero-order valence-corrected chi connectivity index (χ0v) is 12.7. The summed E-state index contributed by atoms with van der Waals surface area (Å²) in [6.07, 6.45) is 3.33. The number of carbonyl (C=O) groups excluding carboxylic acids is 2. The van der Waals surface area contributed by atoms with Gasteiger partial charge in [0.2, 0.25) is 6.54 Å². The number of hydrogen-bond acceptors (Lipinski definition) is 3. The van der Waals surface area contributed by atoms with Gasteiger partial charge in [-0.05, 0) is 18.6 Å². The monoisotopic (exact) mass is 299 g/mol. The fourth-order valence-electron chi connectivity index (χ4n) is 2.14. The zero-order chi connectivity index (χ0) is 15.9. The van der Waals surface area contributed by atoms with E-state index in [4.69, 9.17) is 0 Å². The van der Waals surface area contributed by atoms with E-state index in [0.29, 0.717) is 5.56 Å². The van der Waals surface area contributed by atoms with Crippen molar-refractivity contribution in [3.63, 3.8) is 0 Å². The van der Waals surface area contributed by atoms with Crippen LogP contribution in [0.4, 0.5) is 0 Å². The van der Waals surface area contributed by atoms with Gasteiger partial charge < -0.3 is 10.1 Å². The first-order valence-electron chi connectivity index (χ1n) is 7.02. The summed E-state index contributed by atoms with van der Waals surface area (Å²) in [5, 5.41) is 2.93. The molecule has 0 aliphatic carbocycles. The molecule has 1 N–H and O–H groups in total. The number of benzene rings is 1. The van der Waals surface area contributed by atoms with Gasteiger partial charge in [-0.25, -0.2) is 4.79 Å². The number of ether oxygens (including phenoxy) is 1. The molecule has 0 bridgehead atoms. The molecule has 1 amide bonds. The minimum Gasteiger partial charge on any atom is -0.465 e. The van der Waals surface area contributed by atoms with Gasteiger partial charge in [-0.3, -0.25) is 4.79 Å². The van der Waals surface area contributed by atoms with E-state index in [2.05, 4.69) is 10.1 Å². The third-order valence-electron chi connectivity index (χ3n) is 3.28. The van der Waals surface area contributed by atoms with Crippen LogP contribution in [0.2, 0.25) is 0 Å². The molecule has 1 aromatic carbocycles. The Hall–Kier alpha value is -2.69. The van der Waals surface area contributed by atoms with Crippen LogP contribution >= 0.6 is 0 Å². The average molecular weight is 299 g/mol. The highest BCUT2D eigenvalue weighted by Crippen LogP contribution is 2.10. The minimum atomic E-state index is -0.424. The van der Waals surface area contributed by atoms with E-state index in [9.17, 15) is 9.59 Å². The van der Waals surface area contributed by atoms with Crippen LogP contribution in [0.5, 0.6) is 0 Å². The first kappa shape index (κ1) is 15.7. The molecule has 0 saturated carbocycles.